The maximum atomic E-state index is 11.5. The Morgan fingerprint density at radius 2 is 1.94 bits per heavy atom. The van der Waals surface area contributed by atoms with Crippen LogP contribution in [0.4, 0.5) is 0 Å². The van der Waals surface area contributed by atoms with E-state index in [4.69, 9.17) is 4.74 Å². The van der Waals surface area contributed by atoms with Crippen molar-refractivity contribution in [2.24, 2.45) is 5.92 Å². The van der Waals surface area contributed by atoms with Crippen LogP contribution in [0.15, 0.2) is 0 Å². The van der Waals surface area contributed by atoms with Gasteiger partial charge in [0.25, 0.3) is 0 Å². The van der Waals surface area contributed by atoms with Gasteiger partial charge in [0.2, 0.25) is 5.91 Å². The molecule has 0 aromatic heterocycles. The van der Waals surface area contributed by atoms with Crippen molar-refractivity contribution >= 4 is 11.9 Å². The predicted molar refractivity (Wildman–Crippen MR) is 64.5 cm³/mol. The van der Waals surface area contributed by atoms with Crippen molar-refractivity contribution in [3.63, 3.8) is 0 Å². The van der Waals surface area contributed by atoms with E-state index >= 15 is 0 Å². The maximum absolute atomic E-state index is 11.5. The SMILES string of the molecule is CCNC(=O)CN1CCC(C(=O)OCC)CC1. The number of esters is 1. The van der Waals surface area contributed by atoms with Crippen LogP contribution < -0.4 is 5.32 Å². The minimum absolute atomic E-state index is 0.0143. The Kier molecular flexibility index (Phi) is 5.97. The van der Waals surface area contributed by atoms with E-state index in [1.54, 1.807) is 0 Å². The molecule has 5 heteroatoms. The maximum Gasteiger partial charge on any atom is 0.309 e. The number of hydrogen-bond donors (Lipinski definition) is 1. The van der Waals surface area contributed by atoms with Gasteiger partial charge in [0.05, 0.1) is 19.1 Å². The molecule has 17 heavy (non-hydrogen) atoms. The molecule has 1 heterocycles. The first kappa shape index (κ1) is 14.0. The molecule has 0 saturated carbocycles. The fourth-order valence-corrected chi connectivity index (χ4v) is 2.04. The van der Waals surface area contributed by atoms with Crippen LogP contribution in [-0.2, 0) is 14.3 Å². The van der Waals surface area contributed by atoms with E-state index in [1.807, 2.05) is 13.8 Å². The highest BCUT2D eigenvalue weighted by atomic mass is 16.5. The summed E-state index contributed by atoms with van der Waals surface area (Å²) in [6, 6.07) is 0. The van der Waals surface area contributed by atoms with Crippen LogP contribution >= 0.6 is 0 Å². The number of nitrogens with one attached hydrogen (secondary N) is 1. The zero-order valence-electron chi connectivity index (χ0n) is 10.7. The Morgan fingerprint density at radius 3 is 2.47 bits per heavy atom. The van der Waals surface area contributed by atoms with Gasteiger partial charge in [0.15, 0.2) is 0 Å². The quantitative estimate of drug-likeness (QED) is 0.709. The van der Waals surface area contributed by atoms with Gasteiger partial charge in [-0.2, -0.15) is 0 Å². The monoisotopic (exact) mass is 242 g/mol. The number of likely N-dealkylation sites (N-methyl/N-ethyl adjacent to an activating group) is 1. The van der Waals surface area contributed by atoms with Crippen molar-refractivity contribution in [2.45, 2.75) is 26.7 Å². The summed E-state index contributed by atoms with van der Waals surface area (Å²) in [6.07, 6.45) is 1.58. The standard InChI is InChI=1S/C12H22N2O3/c1-3-13-11(15)9-14-7-5-10(6-8-14)12(16)17-4-2/h10H,3-9H2,1-2H3,(H,13,15). The first-order chi connectivity index (χ1) is 8.17. The fourth-order valence-electron chi connectivity index (χ4n) is 2.04. The number of ether oxygens (including phenoxy) is 1. The second-order valence-electron chi connectivity index (χ2n) is 4.26. The van der Waals surface area contributed by atoms with Crippen molar-refractivity contribution in [3.05, 3.63) is 0 Å². The largest absolute Gasteiger partial charge is 0.466 e. The number of amides is 1. The van der Waals surface area contributed by atoms with E-state index in [2.05, 4.69) is 10.2 Å². The molecular formula is C12H22N2O3. The number of hydrogen-bond acceptors (Lipinski definition) is 4. The van der Waals surface area contributed by atoms with Gasteiger partial charge >= 0.3 is 5.97 Å². The second-order valence-corrected chi connectivity index (χ2v) is 4.26. The molecule has 98 valence electrons. The average Bonchev–Trinajstić information content (AvgIpc) is 2.30. The molecule has 5 nitrogen and oxygen atoms in total. The third-order valence-corrected chi connectivity index (χ3v) is 2.95. The molecule has 0 aromatic rings. The van der Waals surface area contributed by atoms with Gasteiger partial charge < -0.3 is 10.1 Å². The van der Waals surface area contributed by atoms with Crippen LogP contribution in [-0.4, -0.2) is 49.6 Å². The van der Waals surface area contributed by atoms with Gasteiger partial charge in [0, 0.05) is 6.54 Å². The Bertz CT molecular complexity index is 260. The number of rotatable bonds is 5. The number of carbonyl (C=O) groups is 2. The summed E-state index contributed by atoms with van der Waals surface area (Å²) < 4.78 is 5.00. The van der Waals surface area contributed by atoms with Gasteiger partial charge in [-0.3, -0.25) is 14.5 Å². The topological polar surface area (TPSA) is 58.6 Å². The summed E-state index contributed by atoms with van der Waals surface area (Å²) in [4.78, 5) is 25.0. The molecule has 0 spiro atoms. The molecule has 1 fully saturated rings. The molecular weight excluding hydrogens is 220 g/mol. The summed E-state index contributed by atoms with van der Waals surface area (Å²) >= 11 is 0. The van der Waals surface area contributed by atoms with Gasteiger partial charge in [-0.05, 0) is 39.8 Å². The Labute approximate surface area is 102 Å². The van der Waals surface area contributed by atoms with Crippen LogP contribution in [0.5, 0.6) is 0 Å². The van der Waals surface area contributed by atoms with Crippen LogP contribution in [0.2, 0.25) is 0 Å². The molecule has 0 atom stereocenters. The number of likely N-dealkylation sites (tertiary alicyclic amines) is 1. The molecule has 0 bridgehead atoms. The van der Waals surface area contributed by atoms with Gasteiger partial charge in [-0.25, -0.2) is 0 Å². The van der Waals surface area contributed by atoms with E-state index in [0.717, 1.165) is 25.9 Å². The molecule has 1 N–H and O–H groups in total. The lowest BCUT2D eigenvalue weighted by molar-refractivity contribution is -0.149. The molecule has 1 amide bonds. The van der Waals surface area contributed by atoms with Crippen molar-refractivity contribution in [1.82, 2.24) is 10.2 Å². The van der Waals surface area contributed by atoms with E-state index in [9.17, 15) is 9.59 Å². The average molecular weight is 242 g/mol. The summed E-state index contributed by atoms with van der Waals surface area (Å²) in [5.41, 5.74) is 0. The fraction of sp³-hybridized carbons (Fsp3) is 0.833. The van der Waals surface area contributed by atoms with E-state index in [0.29, 0.717) is 19.7 Å². The smallest absolute Gasteiger partial charge is 0.309 e. The Morgan fingerprint density at radius 1 is 1.29 bits per heavy atom. The lowest BCUT2D eigenvalue weighted by atomic mass is 9.97. The van der Waals surface area contributed by atoms with E-state index < -0.39 is 0 Å². The molecule has 1 aliphatic rings. The van der Waals surface area contributed by atoms with Crippen LogP contribution in [0.3, 0.4) is 0 Å². The van der Waals surface area contributed by atoms with Crippen LogP contribution in [0.25, 0.3) is 0 Å². The van der Waals surface area contributed by atoms with Gasteiger partial charge in [-0.15, -0.1) is 0 Å². The van der Waals surface area contributed by atoms with Crippen molar-refractivity contribution in [2.75, 3.05) is 32.8 Å². The Hall–Kier alpha value is -1.10. The van der Waals surface area contributed by atoms with Crippen molar-refractivity contribution in [3.8, 4) is 0 Å². The minimum Gasteiger partial charge on any atom is -0.466 e. The predicted octanol–water partition coefficient (Wildman–Crippen LogP) is 0.398. The summed E-state index contributed by atoms with van der Waals surface area (Å²) in [5, 5.41) is 2.77. The highest BCUT2D eigenvalue weighted by Gasteiger charge is 2.26. The lowest BCUT2D eigenvalue weighted by Gasteiger charge is -2.30. The van der Waals surface area contributed by atoms with Crippen LogP contribution in [0, 0.1) is 5.92 Å². The zero-order chi connectivity index (χ0) is 12.7. The third-order valence-electron chi connectivity index (χ3n) is 2.95. The highest BCUT2D eigenvalue weighted by molar-refractivity contribution is 5.78. The summed E-state index contributed by atoms with van der Waals surface area (Å²) in [7, 11) is 0. The summed E-state index contributed by atoms with van der Waals surface area (Å²) in [5.74, 6) is -0.0207. The molecule has 0 unspecified atom stereocenters. The van der Waals surface area contributed by atoms with Crippen LogP contribution in [0.1, 0.15) is 26.7 Å². The minimum atomic E-state index is -0.0924. The van der Waals surface area contributed by atoms with Crippen molar-refractivity contribution < 1.29 is 14.3 Å². The first-order valence-electron chi connectivity index (χ1n) is 6.33. The second kappa shape index (κ2) is 7.27. The van der Waals surface area contributed by atoms with Gasteiger partial charge in [0.1, 0.15) is 0 Å². The number of carbonyl (C=O) groups excluding carboxylic acids is 2. The Balaban J connectivity index is 2.26. The molecule has 1 aliphatic heterocycles. The molecule has 1 saturated heterocycles. The highest BCUT2D eigenvalue weighted by Crippen LogP contribution is 2.18. The molecule has 0 aliphatic carbocycles. The number of piperidine rings is 1. The first-order valence-corrected chi connectivity index (χ1v) is 6.33. The molecule has 0 radical (unpaired) electrons. The molecule has 1 rings (SSSR count). The van der Waals surface area contributed by atoms with E-state index in [1.165, 1.54) is 0 Å². The molecule has 0 aromatic carbocycles. The lowest BCUT2D eigenvalue weighted by Crippen LogP contribution is -2.42. The van der Waals surface area contributed by atoms with Gasteiger partial charge in [-0.1, -0.05) is 0 Å². The zero-order valence-corrected chi connectivity index (χ0v) is 10.7. The van der Waals surface area contributed by atoms with E-state index in [-0.39, 0.29) is 17.8 Å². The number of nitrogens with zero attached hydrogens (tertiary/aromatic N) is 1. The van der Waals surface area contributed by atoms with Crippen molar-refractivity contribution in [1.29, 1.82) is 0 Å². The third kappa shape index (κ3) is 4.73. The normalized spacial score (nSPS) is 17.8. The summed E-state index contributed by atoms with van der Waals surface area (Å²) in [6.45, 7) is 6.85.